The van der Waals surface area contributed by atoms with Gasteiger partial charge in [-0.2, -0.15) is 0 Å². The van der Waals surface area contributed by atoms with E-state index in [-0.39, 0.29) is 5.54 Å². The van der Waals surface area contributed by atoms with E-state index >= 15 is 0 Å². The number of hydrogen-bond acceptors (Lipinski definition) is 3. The van der Waals surface area contributed by atoms with Crippen molar-refractivity contribution >= 4 is 0 Å². The highest BCUT2D eigenvalue weighted by atomic mass is 15.6. The molecule has 18 heavy (non-hydrogen) atoms. The van der Waals surface area contributed by atoms with Crippen LogP contribution in [0.2, 0.25) is 0 Å². The lowest BCUT2D eigenvalue weighted by Crippen LogP contribution is -2.64. The van der Waals surface area contributed by atoms with E-state index < -0.39 is 0 Å². The fourth-order valence-corrected chi connectivity index (χ4v) is 3.59. The summed E-state index contributed by atoms with van der Waals surface area (Å²) in [6.07, 6.45) is 9.11. The van der Waals surface area contributed by atoms with Crippen LogP contribution in [-0.2, 0) is 0 Å². The summed E-state index contributed by atoms with van der Waals surface area (Å²) in [4.78, 5) is 0. The van der Waals surface area contributed by atoms with E-state index in [1.807, 2.05) is 0 Å². The number of nitrogens with zero attached hydrogens (tertiary/aromatic N) is 1. The highest BCUT2D eigenvalue weighted by Crippen LogP contribution is 2.33. The maximum atomic E-state index is 6.10. The van der Waals surface area contributed by atoms with Crippen LogP contribution in [0.25, 0.3) is 0 Å². The van der Waals surface area contributed by atoms with Crippen molar-refractivity contribution in [2.75, 3.05) is 6.54 Å². The van der Waals surface area contributed by atoms with Gasteiger partial charge >= 0.3 is 0 Å². The van der Waals surface area contributed by atoms with Gasteiger partial charge in [-0.1, -0.05) is 13.3 Å². The molecule has 3 nitrogen and oxygen atoms in total. The molecular weight excluding hydrogens is 222 g/mol. The second-order valence-corrected chi connectivity index (χ2v) is 6.81. The van der Waals surface area contributed by atoms with Crippen molar-refractivity contribution in [2.24, 2.45) is 11.7 Å². The predicted molar refractivity (Wildman–Crippen MR) is 77.2 cm³/mol. The van der Waals surface area contributed by atoms with Gasteiger partial charge < -0.3 is 5.73 Å². The van der Waals surface area contributed by atoms with Crippen molar-refractivity contribution in [3.05, 3.63) is 0 Å². The smallest absolute Gasteiger partial charge is 0.0448 e. The Kier molecular flexibility index (Phi) is 4.68. The van der Waals surface area contributed by atoms with Crippen LogP contribution in [0.5, 0.6) is 0 Å². The monoisotopic (exact) mass is 253 g/mol. The fraction of sp³-hybridized carbons (Fsp3) is 1.00. The highest BCUT2D eigenvalue weighted by Gasteiger charge is 2.37. The van der Waals surface area contributed by atoms with Crippen LogP contribution in [0.1, 0.15) is 65.7 Å². The fourth-order valence-electron chi connectivity index (χ4n) is 3.59. The predicted octanol–water partition coefficient (Wildman–Crippen LogP) is 2.66. The van der Waals surface area contributed by atoms with Crippen LogP contribution < -0.4 is 11.2 Å². The summed E-state index contributed by atoms with van der Waals surface area (Å²) in [6.45, 7) is 7.83. The average molecular weight is 253 g/mol. The third kappa shape index (κ3) is 3.06. The molecule has 0 aromatic heterocycles. The van der Waals surface area contributed by atoms with Gasteiger partial charge in [0.05, 0.1) is 0 Å². The van der Waals surface area contributed by atoms with Crippen molar-refractivity contribution in [1.29, 1.82) is 0 Å². The van der Waals surface area contributed by atoms with E-state index in [1.165, 1.54) is 44.9 Å². The van der Waals surface area contributed by atoms with Crippen LogP contribution in [0.4, 0.5) is 0 Å². The van der Waals surface area contributed by atoms with Gasteiger partial charge in [-0.15, -0.1) is 0 Å². The third-order valence-electron chi connectivity index (χ3n) is 5.18. The quantitative estimate of drug-likeness (QED) is 0.812. The van der Waals surface area contributed by atoms with E-state index in [1.54, 1.807) is 0 Å². The maximum Gasteiger partial charge on any atom is 0.0448 e. The van der Waals surface area contributed by atoms with Gasteiger partial charge in [-0.25, -0.2) is 10.4 Å². The molecule has 1 aliphatic carbocycles. The van der Waals surface area contributed by atoms with Gasteiger partial charge in [0.2, 0.25) is 0 Å². The Morgan fingerprint density at radius 3 is 2.11 bits per heavy atom. The van der Waals surface area contributed by atoms with Gasteiger partial charge in [0.1, 0.15) is 0 Å². The largest absolute Gasteiger partial charge is 0.329 e. The molecule has 1 heterocycles. The Labute approximate surface area is 112 Å². The van der Waals surface area contributed by atoms with E-state index in [9.17, 15) is 0 Å². The molecule has 1 saturated heterocycles. The molecule has 0 bridgehead atoms. The molecule has 0 aromatic rings. The second kappa shape index (κ2) is 5.89. The first-order chi connectivity index (χ1) is 8.56. The molecule has 0 radical (unpaired) electrons. The molecule has 1 aliphatic heterocycles. The van der Waals surface area contributed by atoms with E-state index in [2.05, 4.69) is 31.2 Å². The second-order valence-electron chi connectivity index (χ2n) is 6.81. The zero-order chi connectivity index (χ0) is 13.2. The number of hydrazine groups is 1. The number of rotatable bonds is 3. The zero-order valence-electron chi connectivity index (χ0n) is 12.4. The van der Waals surface area contributed by atoms with Gasteiger partial charge in [0.15, 0.2) is 0 Å². The molecule has 2 rings (SSSR count). The number of hydrogen-bond donors (Lipinski definition) is 2. The molecule has 0 aromatic carbocycles. The van der Waals surface area contributed by atoms with Crippen LogP contribution in [0.15, 0.2) is 0 Å². The first-order valence-corrected chi connectivity index (χ1v) is 7.82. The maximum absolute atomic E-state index is 6.10. The molecular formula is C15H31N3. The van der Waals surface area contributed by atoms with Crippen molar-refractivity contribution in [2.45, 2.75) is 83.3 Å². The normalized spacial score (nSPS) is 43.0. The number of piperidine rings is 1. The third-order valence-corrected chi connectivity index (χ3v) is 5.18. The van der Waals surface area contributed by atoms with Crippen molar-refractivity contribution in [3.63, 3.8) is 0 Å². The lowest BCUT2D eigenvalue weighted by atomic mass is 9.77. The van der Waals surface area contributed by atoms with Crippen molar-refractivity contribution in [1.82, 2.24) is 10.4 Å². The average Bonchev–Trinajstić information content (AvgIpc) is 2.37. The van der Waals surface area contributed by atoms with Crippen molar-refractivity contribution in [3.8, 4) is 0 Å². The summed E-state index contributed by atoms with van der Waals surface area (Å²) >= 11 is 0. The van der Waals surface area contributed by atoms with Crippen LogP contribution in [0.3, 0.4) is 0 Å². The first-order valence-electron chi connectivity index (χ1n) is 7.82. The summed E-state index contributed by atoms with van der Waals surface area (Å²) in [6, 6.07) is 1.30. The number of nitrogens with one attached hydrogen (secondary N) is 1. The van der Waals surface area contributed by atoms with E-state index in [4.69, 9.17) is 5.73 Å². The van der Waals surface area contributed by atoms with Crippen LogP contribution in [0, 0.1) is 5.92 Å². The van der Waals surface area contributed by atoms with Gasteiger partial charge in [0, 0.05) is 24.2 Å². The molecule has 1 saturated carbocycles. The Morgan fingerprint density at radius 2 is 1.61 bits per heavy atom. The molecule has 0 amide bonds. The molecule has 3 heteroatoms. The first kappa shape index (κ1) is 14.3. The Morgan fingerprint density at radius 1 is 1.06 bits per heavy atom. The molecule has 2 aliphatic rings. The molecule has 2 unspecified atom stereocenters. The highest BCUT2D eigenvalue weighted by molar-refractivity contribution is 4.94. The Hall–Kier alpha value is -0.120. The molecule has 3 N–H and O–H groups in total. The lowest BCUT2D eigenvalue weighted by Gasteiger charge is -2.48. The zero-order valence-corrected chi connectivity index (χ0v) is 12.4. The molecule has 0 spiro atoms. The minimum atomic E-state index is 0.173. The molecule has 106 valence electrons. The van der Waals surface area contributed by atoms with Gasteiger partial charge in [-0.3, -0.25) is 0 Å². The summed E-state index contributed by atoms with van der Waals surface area (Å²) < 4.78 is 0. The molecule has 2 fully saturated rings. The minimum Gasteiger partial charge on any atom is -0.329 e. The minimum absolute atomic E-state index is 0.173. The Bertz CT molecular complexity index is 248. The summed E-state index contributed by atoms with van der Waals surface area (Å²) in [5.41, 5.74) is 10.1. The van der Waals surface area contributed by atoms with Crippen LogP contribution in [-0.4, -0.2) is 29.2 Å². The number of nitrogens with two attached hydrogens (primary N) is 1. The van der Waals surface area contributed by atoms with E-state index in [0.29, 0.717) is 12.1 Å². The van der Waals surface area contributed by atoms with Gasteiger partial charge in [0.25, 0.3) is 0 Å². The Balaban J connectivity index is 2.00. The summed E-state index contributed by atoms with van der Waals surface area (Å²) in [5.74, 6) is 0.877. The van der Waals surface area contributed by atoms with E-state index in [0.717, 1.165) is 12.5 Å². The summed E-state index contributed by atoms with van der Waals surface area (Å²) in [5, 5.41) is 2.51. The SMILES string of the molecule is CC1CCC(CN)(NN2C(C)CCCC2C)CC1. The molecule has 2 atom stereocenters. The van der Waals surface area contributed by atoms with Crippen LogP contribution >= 0.6 is 0 Å². The topological polar surface area (TPSA) is 41.3 Å². The van der Waals surface area contributed by atoms with Gasteiger partial charge in [-0.05, 0) is 58.3 Å². The summed E-state index contributed by atoms with van der Waals surface area (Å²) in [7, 11) is 0. The lowest BCUT2D eigenvalue weighted by molar-refractivity contribution is -0.0131. The standard InChI is InChI=1S/C15H31N3/c1-12-7-9-15(11-16,10-8-12)17-18-13(2)5-4-6-14(18)3/h12-14,17H,4-11,16H2,1-3H3. The van der Waals surface area contributed by atoms with Crippen molar-refractivity contribution < 1.29 is 0 Å².